The first-order valence-electron chi connectivity index (χ1n) is 40.8. The molecule has 16 nitrogen and oxygen atoms in total. The van der Waals surface area contributed by atoms with Gasteiger partial charge in [-0.25, -0.2) is 9.13 Å². The third kappa shape index (κ3) is 78.8. The summed E-state index contributed by atoms with van der Waals surface area (Å²) < 4.78 is 61.1. The molecule has 0 fully saturated rings. The van der Waals surface area contributed by atoms with Crippen LogP contribution >= 0.6 is 15.6 Å². The maximum Gasteiger partial charge on any atom is 0.472 e. The Morgan fingerprint density at radius 2 is 0.515 bits per heavy atom. The molecule has 103 heavy (non-hydrogen) atoms. The first-order valence-corrected chi connectivity index (χ1v) is 43.8. The highest BCUT2D eigenvalue weighted by molar-refractivity contribution is 7.47. The Kier molecular flexibility index (Phi) is 74.5. The first-order chi connectivity index (χ1) is 50.2. The third-order valence-corrected chi connectivity index (χ3v) is 19.0. The van der Waals surface area contributed by atoms with E-state index in [0.717, 1.165) is 154 Å². The number of carbonyl (C=O) groups excluding carboxylic acids is 3. The van der Waals surface area contributed by atoms with Gasteiger partial charge in [-0.05, 0) is 135 Å². The lowest BCUT2D eigenvalue weighted by molar-refractivity contribution is -0.161. The summed E-state index contributed by atoms with van der Waals surface area (Å²) in [6.07, 6.45) is 92.5. The van der Waals surface area contributed by atoms with Gasteiger partial charge in [0, 0.05) is 19.3 Å². The van der Waals surface area contributed by atoms with Gasteiger partial charge in [-0.2, -0.15) is 0 Å². The Hall–Kier alpha value is -4.05. The summed E-state index contributed by atoms with van der Waals surface area (Å²) >= 11 is 0. The van der Waals surface area contributed by atoms with E-state index in [1.54, 1.807) is 0 Å². The van der Waals surface area contributed by atoms with Crippen LogP contribution in [-0.2, 0) is 55.8 Å². The van der Waals surface area contributed by atoms with Gasteiger partial charge in [-0.15, -0.1) is 0 Å². The zero-order chi connectivity index (χ0) is 75.2. The molecule has 5 unspecified atom stereocenters. The van der Waals surface area contributed by atoms with Crippen LogP contribution in [0.1, 0.15) is 342 Å². The molecule has 0 saturated carbocycles. The Morgan fingerprint density at radius 1 is 0.282 bits per heavy atom. The standard InChI is InChI=1S/C85H148O16P2/c1-4-7-10-13-16-19-22-25-27-29-31-33-35-36-37-38-39-40-41-42-44-46-47-49-51-54-56-59-62-65-68-71-83(88)95-74-80(86)75-97-102(91,92)98-76-81(87)77-99-103(93,94)100-79-82(101-85(90)73-70-67-64-61-58-53-24-21-18-15-12-9-6-3)78-96-84(89)72-69-66-63-60-57-55-52-50-48-45-43-34-32-30-28-26-23-20-17-14-11-8-5-2/h7,10,16-17,19-21,24-28,31-34,36-37,45,48,80-82,86-87H,4-6,8-9,11-15,18,22-23,29-30,35,38-44,46-47,49-79H2,1-3H3,(H,91,92)(H,93,94)/b10-7-,19-16-,20-17-,24-21-,27-25-,28-26-,33-31-,34-32-,37-36-,48-45-. The molecule has 5 atom stereocenters. The molecule has 18 heteroatoms. The van der Waals surface area contributed by atoms with Crippen molar-refractivity contribution >= 4 is 33.6 Å². The maximum absolute atomic E-state index is 12.9. The van der Waals surface area contributed by atoms with Crippen molar-refractivity contribution in [3.8, 4) is 0 Å². The van der Waals surface area contributed by atoms with Crippen LogP contribution in [0.4, 0.5) is 0 Å². The molecular weight excluding hydrogens is 1340 g/mol. The summed E-state index contributed by atoms with van der Waals surface area (Å²) in [5.74, 6) is -1.59. The fourth-order valence-electron chi connectivity index (χ4n) is 10.9. The molecule has 0 aliphatic heterocycles. The number of phosphoric acid groups is 2. The lowest BCUT2D eigenvalue weighted by Crippen LogP contribution is -2.30. The second kappa shape index (κ2) is 77.6. The molecule has 594 valence electrons. The van der Waals surface area contributed by atoms with Crippen molar-refractivity contribution in [2.75, 3.05) is 39.6 Å². The average molecular weight is 1490 g/mol. The van der Waals surface area contributed by atoms with Crippen molar-refractivity contribution < 1.29 is 75.8 Å². The fraction of sp³-hybridized carbons (Fsp3) is 0.729. The van der Waals surface area contributed by atoms with Gasteiger partial charge in [0.2, 0.25) is 0 Å². The smallest absolute Gasteiger partial charge is 0.463 e. The quantitative estimate of drug-likeness (QED) is 0.0146. The number of aliphatic hydroxyl groups excluding tert-OH is 2. The minimum Gasteiger partial charge on any atom is -0.463 e. The molecule has 0 saturated heterocycles. The average Bonchev–Trinajstić information content (AvgIpc) is 0.914. The lowest BCUT2D eigenvalue weighted by atomic mass is 10.0. The monoisotopic (exact) mass is 1490 g/mol. The molecule has 0 spiro atoms. The van der Waals surface area contributed by atoms with Crippen LogP contribution in [0.5, 0.6) is 0 Å². The van der Waals surface area contributed by atoms with E-state index in [1.807, 2.05) is 0 Å². The van der Waals surface area contributed by atoms with Gasteiger partial charge in [0.1, 0.15) is 25.4 Å². The normalized spacial score (nSPS) is 14.6. The predicted molar refractivity (Wildman–Crippen MR) is 427 cm³/mol. The van der Waals surface area contributed by atoms with Crippen molar-refractivity contribution in [1.29, 1.82) is 0 Å². The number of phosphoric ester groups is 2. The van der Waals surface area contributed by atoms with E-state index in [0.29, 0.717) is 19.3 Å². The highest BCUT2D eigenvalue weighted by atomic mass is 31.2. The van der Waals surface area contributed by atoms with Crippen LogP contribution in [0.25, 0.3) is 0 Å². The van der Waals surface area contributed by atoms with Crippen LogP contribution in [-0.4, -0.2) is 95.9 Å². The van der Waals surface area contributed by atoms with Crippen molar-refractivity contribution in [3.63, 3.8) is 0 Å². The molecule has 0 radical (unpaired) electrons. The first kappa shape index (κ1) is 98.9. The SMILES string of the molecule is CC/C=C\C/C=C\C/C=C\C/C=C\C/C=C\CCCCCCCCCCCCCCCCCC(=O)OCC(O)COP(=O)(O)OCC(O)COP(=O)(O)OCC(COC(=O)CCCCCCCCC/C=C\C/C=C\C/C=C\C/C=C\CCCCC)OC(=O)CCCCCCC/C=C\CCCCCC. The number of hydrogen-bond donors (Lipinski definition) is 4. The molecule has 0 aromatic heterocycles. The number of esters is 3. The summed E-state index contributed by atoms with van der Waals surface area (Å²) in [6.45, 7) is 2.53. The largest absolute Gasteiger partial charge is 0.472 e. The highest BCUT2D eigenvalue weighted by Crippen LogP contribution is 2.45. The molecule has 0 amide bonds. The second-order valence-corrected chi connectivity index (χ2v) is 30.1. The Morgan fingerprint density at radius 3 is 0.845 bits per heavy atom. The molecule has 4 N–H and O–H groups in total. The number of carbonyl (C=O) groups is 3. The van der Waals surface area contributed by atoms with Gasteiger partial charge in [-0.3, -0.25) is 32.5 Å². The van der Waals surface area contributed by atoms with E-state index < -0.39 is 91.5 Å². The molecule has 0 aromatic carbocycles. The Bertz CT molecular complexity index is 2360. The van der Waals surface area contributed by atoms with Crippen LogP contribution < -0.4 is 0 Å². The van der Waals surface area contributed by atoms with Gasteiger partial charge in [-0.1, -0.05) is 309 Å². The van der Waals surface area contributed by atoms with Gasteiger partial charge in [0.15, 0.2) is 6.10 Å². The number of rotatable bonds is 77. The highest BCUT2D eigenvalue weighted by Gasteiger charge is 2.29. The minimum atomic E-state index is -4.93. The van der Waals surface area contributed by atoms with Crippen molar-refractivity contribution in [3.05, 3.63) is 122 Å². The number of allylic oxidation sites excluding steroid dienone is 20. The minimum absolute atomic E-state index is 0.0913. The van der Waals surface area contributed by atoms with Crippen molar-refractivity contribution in [2.24, 2.45) is 0 Å². The molecular formula is C85H148O16P2. The molecule has 0 rings (SSSR count). The van der Waals surface area contributed by atoms with Crippen molar-refractivity contribution in [2.45, 2.75) is 360 Å². The van der Waals surface area contributed by atoms with E-state index in [4.69, 9.17) is 32.3 Å². The van der Waals surface area contributed by atoms with Gasteiger partial charge >= 0.3 is 33.6 Å². The molecule has 0 aliphatic carbocycles. The fourth-order valence-corrected chi connectivity index (χ4v) is 12.5. The maximum atomic E-state index is 12.9. The second-order valence-electron chi connectivity index (χ2n) is 27.2. The predicted octanol–water partition coefficient (Wildman–Crippen LogP) is 24.1. The van der Waals surface area contributed by atoms with Crippen LogP contribution in [0.2, 0.25) is 0 Å². The topological polar surface area (TPSA) is 231 Å². The number of aliphatic hydroxyl groups is 2. The summed E-state index contributed by atoms with van der Waals surface area (Å²) in [6, 6.07) is 0. The van der Waals surface area contributed by atoms with Crippen LogP contribution in [0, 0.1) is 0 Å². The summed E-state index contributed by atoms with van der Waals surface area (Å²) in [4.78, 5) is 58.6. The molecule has 0 aromatic rings. The van der Waals surface area contributed by atoms with Gasteiger partial charge in [0.25, 0.3) is 0 Å². The summed E-state index contributed by atoms with van der Waals surface area (Å²) in [5, 5.41) is 20.6. The van der Waals surface area contributed by atoms with E-state index in [2.05, 4.69) is 142 Å². The zero-order valence-electron chi connectivity index (χ0n) is 65.0. The van der Waals surface area contributed by atoms with E-state index in [1.165, 1.54) is 128 Å². The van der Waals surface area contributed by atoms with Crippen molar-refractivity contribution in [1.82, 2.24) is 0 Å². The van der Waals surface area contributed by atoms with E-state index >= 15 is 0 Å². The van der Waals surface area contributed by atoms with Crippen LogP contribution in [0.15, 0.2) is 122 Å². The summed E-state index contributed by atoms with van der Waals surface area (Å²) in [5.41, 5.74) is 0. The number of hydrogen-bond acceptors (Lipinski definition) is 14. The molecule has 0 bridgehead atoms. The van der Waals surface area contributed by atoms with Crippen LogP contribution in [0.3, 0.4) is 0 Å². The number of unbranched alkanes of at least 4 members (excludes halogenated alkanes) is 34. The number of ether oxygens (including phenoxy) is 3. The van der Waals surface area contributed by atoms with Gasteiger partial charge < -0.3 is 34.2 Å². The van der Waals surface area contributed by atoms with E-state index in [9.17, 15) is 43.5 Å². The van der Waals surface area contributed by atoms with Gasteiger partial charge in [0.05, 0.1) is 26.4 Å². The summed E-state index contributed by atoms with van der Waals surface area (Å²) in [7, 11) is -9.79. The third-order valence-electron chi connectivity index (χ3n) is 17.1. The molecule has 0 heterocycles. The lowest BCUT2D eigenvalue weighted by Gasteiger charge is -2.21. The Balaban J connectivity index is 4.46. The van der Waals surface area contributed by atoms with E-state index in [-0.39, 0.29) is 19.3 Å². The Labute approximate surface area is 627 Å². The zero-order valence-corrected chi connectivity index (χ0v) is 66.7. The molecule has 0 aliphatic rings.